The number of hydrogen-bond donors (Lipinski definition) is 3. The molecule has 3 aromatic rings. The summed E-state index contributed by atoms with van der Waals surface area (Å²) in [4.78, 5) is 29.5. The van der Waals surface area contributed by atoms with Crippen molar-refractivity contribution in [3.8, 4) is 0 Å². The normalized spacial score (nSPS) is 10.4. The van der Waals surface area contributed by atoms with Gasteiger partial charge in [0, 0.05) is 16.4 Å². The highest BCUT2D eigenvalue weighted by Gasteiger charge is 2.17. The van der Waals surface area contributed by atoms with Crippen molar-refractivity contribution >= 4 is 51.4 Å². The minimum absolute atomic E-state index is 0.257. The van der Waals surface area contributed by atoms with Gasteiger partial charge in [0.25, 0.3) is 5.91 Å². The molecule has 0 saturated heterocycles. The third-order valence-corrected chi connectivity index (χ3v) is 5.47. The molecule has 0 aliphatic heterocycles. The predicted octanol–water partition coefficient (Wildman–Crippen LogP) is 5.62. The van der Waals surface area contributed by atoms with Gasteiger partial charge in [-0.25, -0.2) is 9.78 Å². The Morgan fingerprint density at radius 1 is 1.00 bits per heavy atom. The first-order valence-corrected chi connectivity index (χ1v) is 9.71. The van der Waals surface area contributed by atoms with Crippen molar-refractivity contribution in [2.24, 2.45) is 0 Å². The smallest absolute Gasteiger partial charge is 0.321 e. The first-order valence-electron chi connectivity index (χ1n) is 8.52. The lowest BCUT2D eigenvalue weighted by Crippen LogP contribution is -2.19. The fraction of sp³-hybridized carbons (Fsp3) is 0.150. The SMILES string of the molecule is Cc1cccc(NC(=O)c2sc(NC(=O)Nc3cccc(Cl)c3)nc2C)c1C. The van der Waals surface area contributed by atoms with Gasteiger partial charge in [0.05, 0.1) is 5.69 Å². The second kappa shape index (κ2) is 8.41. The number of hydrogen-bond acceptors (Lipinski definition) is 4. The van der Waals surface area contributed by atoms with Crippen molar-refractivity contribution in [1.82, 2.24) is 4.98 Å². The lowest BCUT2D eigenvalue weighted by Gasteiger charge is -2.09. The fourth-order valence-electron chi connectivity index (χ4n) is 2.55. The Kier molecular flexibility index (Phi) is 5.96. The molecule has 3 amide bonds. The third-order valence-electron chi connectivity index (χ3n) is 4.16. The third kappa shape index (κ3) is 4.68. The molecule has 144 valence electrons. The monoisotopic (exact) mass is 414 g/mol. The summed E-state index contributed by atoms with van der Waals surface area (Å²) in [7, 11) is 0. The lowest BCUT2D eigenvalue weighted by molar-refractivity contribution is 0.102. The van der Waals surface area contributed by atoms with Crippen molar-refractivity contribution in [3.63, 3.8) is 0 Å². The zero-order valence-corrected chi connectivity index (χ0v) is 17.2. The van der Waals surface area contributed by atoms with E-state index in [1.165, 1.54) is 0 Å². The van der Waals surface area contributed by atoms with Gasteiger partial charge >= 0.3 is 6.03 Å². The van der Waals surface area contributed by atoms with Crippen LogP contribution in [0.25, 0.3) is 0 Å². The van der Waals surface area contributed by atoms with Gasteiger partial charge in [0.2, 0.25) is 0 Å². The molecule has 2 aromatic carbocycles. The Morgan fingerprint density at radius 3 is 2.50 bits per heavy atom. The Balaban J connectivity index is 1.69. The molecule has 0 unspecified atom stereocenters. The number of carbonyl (C=O) groups is 2. The molecule has 0 radical (unpaired) electrons. The van der Waals surface area contributed by atoms with Gasteiger partial charge in [0.15, 0.2) is 5.13 Å². The zero-order valence-electron chi connectivity index (χ0n) is 15.6. The van der Waals surface area contributed by atoms with Crippen LogP contribution in [0, 0.1) is 20.8 Å². The number of halogens is 1. The highest BCUT2D eigenvalue weighted by Crippen LogP contribution is 2.25. The molecule has 8 heteroatoms. The van der Waals surface area contributed by atoms with Crippen molar-refractivity contribution in [1.29, 1.82) is 0 Å². The number of rotatable bonds is 4. The molecule has 0 atom stereocenters. The Hall–Kier alpha value is -2.90. The van der Waals surface area contributed by atoms with Crippen LogP contribution >= 0.6 is 22.9 Å². The first-order chi connectivity index (χ1) is 13.3. The number of amides is 3. The summed E-state index contributed by atoms with van der Waals surface area (Å²) in [5.74, 6) is -0.257. The Bertz CT molecular complexity index is 1050. The van der Waals surface area contributed by atoms with E-state index in [0.29, 0.717) is 26.4 Å². The minimum Gasteiger partial charge on any atom is -0.321 e. The van der Waals surface area contributed by atoms with E-state index in [-0.39, 0.29) is 5.91 Å². The van der Waals surface area contributed by atoms with Crippen molar-refractivity contribution in [3.05, 3.63) is 69.2 Å². The average Bonchev–Trinajstić information content (AvgIpc) is 2.99. The number of benzene rings is 2. The fourth-order valence-corrected chi connectivity index (χ4v) is 3.60. The molecule has 0 aliphatic carbocycles. The van der Waals surface area contributed by atoms with Gasteiger partial charge in [-0.15, -0.1) is 0 Å². The predicted molar refractivity (Wildman–Crippen MR) is 115 cm³/mol. The van der Waals surface area contributed by atoms with Crippen molar-refractivity contribution < 1.29 is 9.59 Å². The first kappa shape index (κ1) is 19.9. The van der Waals surface area contributed by atoms with Crippen LogP contribution in [0.15, 0.2) is 42.5 Å². The number of nitrogens with one attached hydrogen (secondary N) is 3. The number of carbonyl (C=O) groups excluding carboxylic acids is 2. The summed E-state index contributed by atoms with van der Waals surface area (Å²) in [6.07, 6.45) is 0. The molecule has 1 heterocycles. The number of anilines is 3. The van der Waals surface area contributed by atoms with E-state index >= 15 is 0 Å². The molecule has 1 aromatic heterocycles. The molecule has 0 bridgehead atoms. The molecule has 3 rings (SSSR count). The van der Waals surface area contributed by atoms with Crippen LogP contribution in [0.3, 0.4) is 0 Å². The summed E-state index contributed by atoms with van der Waals surface area (Å²) in [5, 5.41) is 9.09. The highest BCUT2D eigenvalue weighted by molar-refractivity contribution is 7.17. The number of thiazole rings is 1. The van der Waals surface area contributed by atoms with Crippen LogP contribution in [0.4, 0.5) is 21.3 Å². The standard InChI is InChI=1S/C20H19ClN4O2S/c1-11-6-4-9-16(12(11)2)24-18(26)17-13(3)22-20(28-17)25-19(27)23-15-8-5-7-14(21)10-15/h4-10H,1-3H3,(H,24,26)(H2,22,23,25,27). The number of aromatic nitrogens is 1. The van der Waals surface area contributed by atoms with E-state index in [1.807, 2.05) is 32.0 Å². The van der Waals surface area contributed by atoms with Crippen LogP contribution < -0.4 is 16.0 Å². The van der Waals surface area contributed by atoms with Crippen LogP contribution in [-0.2, 0) is 0 Å². The van der Waals surface area contributed by atoms with Crippen LogP contribution in [0.2, 0.25) is 5.02 Å². The van der Waals surface area contributed by atoms with Gasteiger partial charge in [-0.3, -0.25) is 10.1 Å². The van der Waals surface area contributed by atoms with Gasteiger partial charge in [-0.05, 0) is 56.2 Å². The topological polar surface area (TPSA) is 83.1 Å². The van der Waals surface area contributed by atoms with Crippen molar-refractivity contribution in [2.75, 3.05) is 16.0 Å². The molecule has 0 aliphatic rings. The van der Waals surface area contributed by atoms with Gasteiger partial charge < -0.3 is 10.6 Å². The maximum absolute atomic E-state index is 12.6. The zero-order chi connectivity index (χ0) is 20.3. The van der Waals surface area contributed by atoms with Gasteiger partial charge in [0.1, 0.15) is 4.88 Å². The second-order valence-electron chi connectivity index (χ2n) is 6.22. The Morgan fingerprint density at radius 2 is 1.75 bits per heavy atom. The summed E-state index contributed by atoms with van der Waals surface area (Å²) in [6, 6.07) is 12.1. The quantitative estimate of drug-likeness (QED) is 0.518. The lowest BCUT2D eigenvalue weighted by atomic mass is 10.1. The highest BCUT2D eigenvalue weighted by atomic mass is 35.5. The molecule has 0 saturated carbocycles. The van der Waals surface area contributed by atoms with E-state index in [1.54, 1.807) is 31.2 Å². The summed E-state index contributed by atoms with van der Waals surface area (Å²) >= 11 is 7.03. The maximum atomic E-state index is 12.6. The van der Waals surface area contributed by atoms with E-state index in [2.05, 4.69) is 20.9 Å². The molecule has 0 spiro atoms. The van der Waals surface area contributed by atoms with Crippen LogP contribution in [-0.4, -0.2) is 16.9 Å². The number of urea groups is 1. The Labute approximate surface area is 172 Å². The van der Waals surface area contributed by atoms with Crippen LogP contribution in [0.5, 0.6) is 0 Å². The molecule has 0 fully saturated rings. The van der Waals surface area contributed by atoms with Crippen LogP contribution in [0.1, 0.15) is 26.5 Å². The maximum Gasteiger partial charge on any atom is 0.325 e. The molecular weight excluding hydrogens is 396 g/mol. The van der Waals surface area contributed by atoms with E-state index in [4.69, 9.17) is 11.6 Å². The van der Waals surface area contributed by atoms with Gasteiger partial charge in [-0.1, -0.05) is 41.1 Å². The van der Waals surface area contributed by atoms with E-state index in [0.717, 1.165) is 28.2 Å². The van der Waals surface area contributed by atoms with Crippen molar-refractivity contribution in [2.45, 2.75) is 20.8 Å². The average molecular weight is 415 g/mol. The largest absolute Gasteiger partial charge is 0.325 e. The number of aryl methyl sites for hydroxylation is 2. The minimum atomic E-state index is -0.461. The second-order valence-corrected chi connectivity index (χ2v) is 7.66. The van der Waals surface area contributed by atoms with E-state index < -0.39 is 6.03 Å². The molecule has 3 N–H and O–H groups in total. The van der Waals surface area contributed by atoms with Gasteiger partial charge in [-0.2, -0.15) is 0 Å². The summed E-state index contributed by atoms with van der Waals surface area (Å²) in [6.45, 7) is 5.68. The molecule has 28 heavy (non-hydrogen) atoms. The summed E-state index contributed by atoms with van der Waals surface area (Å²) < 4.78 is 0. The summed E-state index contributed by atoms with van der Waals surface area (Å²) in [5.41, 5.74) is 3.97. The number of nitrogens with zero attached hydrogens (tertiary/aromatic N) is 1. The van der Waals surface area contributed by atoms with E-state index in [9.17, 15) is 9.59 Å². The molecular formula is C20H19ClN4O2S. The molecule has 6 nitrogen and oxygen atoms in total.